The number of thiazole rings is 1. The van der Waals surface area contributed by atoms with Gasteiger partial charge in [0.1, 0.15) is 0 Å². The van der Waals surface area contributed by atoms with Gasteiger partial charge in [-0.05, 0) is 25.1 Å². The first kappa shape index (κ1) is 17.0. The van der Waals surface area contributed by atoms with E-state index in [0.29, 0.717) is 17.3 Å². The minimum atomic E-state index is -0.991. The molecule has 128 valence electrons. The average molecular weight is 355 g/mol. The maximum Gasteiger partial charge on any atom is 0.335 e. The molecule has 25 heavy (non-hydrogen) atoms. The zero-order chi connectivity index (χ0) is 17.8. The summed E-state index contributed by atoms with van der Waals surface area (Å²) < 4.78 is 0. The lowest BCUT2D eigenvalue weighted by atomic mass is 10.2. The number of hydrogen-bond donors (Lipinski definition) is 1. The normalized spacial score (nSPS) is 10.6. The smallest absolute Gasteiger partial charge is 0.335 e. The van der Waals surface area contributed by atoms with Crippen molar-refractivity contribution >= 4 is 23.3 Å². The molecule has 8 heteroatoms. The van der Waals surface area contributed by atoms with E-state index in [9.17, 15) is 4.79 Å². The second-order valence-corrected chi connectivity index (χ2v) is 6.45. The minimum absolute atomic E-state index is 0.180. The SMILES string of the molecule is Cc1ncsc1CCN(C)c1nccc(-c2cc(C(=O)O)ccn2)n1. The molecule has 1 N–H and O–H groups in total. The van der Waals surface area contributed by atoms with Gasteiger partial charge < -0.3 is 10.0 Å². The largest absolute Gasteiger partial charge is 0.478 e. The molecule has 0 spiro atoms. The number of anilines is 1. The van der Waals surface area contributed by atoms with Crippen LogP contribution in [0.2, 0.25) is 0 Å². The number of rotatable bonds is 6. The molecule has 0 aliphatic heterocycles. The topological polar surface area (TPSA) is 92.1 Å². The number of aryl methyl sites for hydroxylation is 1. The minimum Gasteiger partial charge on any atom is -0.478 e. The molecule has 0 fully saturated rings. The molecule has 0 atom stereocenters. The van der Waals surface area contributed by atoms with Crippen LogP contribution in [0.4, 0.5) is 5.95 Å². The number of carboxylic acid groups (broad SMARTS) is 1. The lowest BCUT2D eigenvalue weighted by Gasteiger charge is -2.17. The van der Waals surface area contributed by atoms with E-state index in [0.717, 1.165) is 18.7 Å². The van der Waals surface area contributed by atoms with E-state index in [4.69, 9.17) is 5.11 Å². The highest BCUT2D eigenvalue weighted by Crippen LogP contribution is 2.19. The molecule has 7 nitrogen and oxygen atoms in total. The maximum absolute atomic E-state index is 11.1. The fraction of sp³-hybridized carbons (Fsp3) is 0.235. The predicted molar refractivity (Wildman–Crippen MR) is 96.0 cm³/mol. The molecule has 3 heterocycles. The van der Waals surface area contributed by atoms with Crippen LogP contribution in [0.25, 0.3) is 11.4 Å². The van der Waals surface area contributed by atoms with Gasteiger partial charge in [-0.25, -0.2) is 19.7 Å². The molecular weight excluding hydrogens is 338 g/mol. The van der Waals surface area contributed by atoms with Gasteiger partial charge in [-0.3, -0.25) is 4.98 Å². The third-order valence-electron chi connectivity index (χ3n) is 3.77. The molecule has 0 bridgehead atoms. The Bertz CT molecular complexity index is 896. The van der Waals surface area contributed by atoms with E-state index in [1.807, 2.05) is 24.4 Å². The maximum atomic E-state index is 11.1. The van der Waals surface area contributed by atoms with E-state index >= 15 is 0 Å². The number of carboxylic acids is 1. The number of hydrogen-bond acceptors (Lipinski definition) is 7. The molecular formula is C17H17N5O2S. The first-order chi connectivity index (χ1) is 12.0. The number of carbonyl (C=O) groups is 1. The van der Waals surface area contributed by atoms with Crippen molar-refractivity contribution in [2.24, 2.45) is 0 Å². The standard InChI is InChI=1S/C17H17N5O2S/c1-11-15(25-10-20-11)5-8-22(2)17-19-7-4-13(21-17)14-9-12(16(23)24)3-6-18-14/h3-4,6-7,9-10H,5,8H2,1-2H3,(H,23,24). The van der Waals surface area contributed by atoms with Crippen LogP contribution in [-0.4, -0.2) is 44.6 Å². The fourth-order valence-electron chi connectivity index (χ4n) is 2.31. The van der Waals surface area contributed by atoms with Gasteiger partial charge in [-0.15, -0.1) is 11.3 Å². The number of nitrogens with zero attached hydrogens (tertiary/aromatic N) is 5. The van der Waals surface area contributed by atoms with Crippen molar-refractivity contribution in [2.75, 3.05) is 18.5 Å². The Balaban J connectivity index is 1.78. The summed E-state index contributed by atoms with van der Waals surface area (Å²) in [6, 6.07) is 4.69. The van der Waals surface area contributed by atoms with Crippen LogP contribution in [0.15, 0.2) is 36.1 Å². The van der Waals surface area contributed by atoms with Crippen molar-refractivity contribution in [1.82, 2.24) is 19.9 Å². The van der Waals surface area contributed by atoms with Gasteiger partial charge in [-0.1, -0.05) is 0 Å². The van der Waals surface area contributed by atoms with Crippen LogP contribution >= 0.6 is 11.3 Å². The summed E-state index contributed by atoms with van der Waals surface area (Å²) in [7, 11) is 1.93. The Labute approximate surface area is 149 Å². The summed E-state index contributed by atoms with van der Waals surface area (Å²) in [5, 5.41) is 9.11. The summed E-state index contributed by atoms with van der Waals surface area (Å²) in [6.07, 6.45) is 3.99. The van der Waals surface area contributed by atoms with Crippen LogP contribution in [0.3, 0.4) is 0 Å². The molecule has 3 aromatic rings. The average Bonchev–Trinajstić information content (AvgIpc) is 3.05. The predicted octanol–water partition coefficient (Wildman–Crippen LogP) is 2.68. The van der Waals surface area contributed by atoms with E-state index in [1.165, 1.54) is 23.2 Å². The van der Waals surface area contributed by atoms with Crippen molar-refractivity contribution in [1.29, 1.82) is 0 Å². The molecule has 0 saturated heterocycles. The molecule has 0 amide bonds. The van der Waals surface area contributed by atoms with E-state index < -0.39 is 5.97 Å². The Morgan fingerprint density at radius 3 is 2.72 bits per heavy atom. The summed E-state index contributed by atoms with van der Waals surface area (Å²) in [5.74, 6) is -0.419. The summed E-state index contributed by atoms with van der Waals surface area (Å²) in [4.78, 5) is 31.6. The molecule has 3 rings (SSSR count). The van der Waals surface area contributed by atoms with Gasteiger partial charge in [0, 0.05) is 37.3 Å². The first-order valence-electron chi connectivity index (χ1n) is 7.67. The zero-order valence-electron chi connectivity index (χ0n) is 13.9. The van der Waals surface area contributed by atoms with Crippen LogP contribution in [0, 0.1) is 6.92 Å². The number of likely N-dealkylation sites (N-methyl/N-ethyl adjacent to an activating group) is 1. The van der Waals surface area contributed by atoms with Gasteiger partial charge in [0.15, 0.2) is 0 Å². The van der Waals surface area contributed by atoms with Crippen LogP contribution in [0.5, 0.6) is 0 Å². The quantitative estimate of drug-likeness (QED) is 0.726. The molecule has 0 aromatic carbocycles. The Morgan fingerprint density at radius 2 is 2.00 bits per heavy atom. The van der Waals surface area contributed by atoms with E-state index in [2.05, 4.69) is 19.9 Å². The lowest BCUT2D eigenvalue weighted by Crippen LogP contribution is -2.22. The number of aromatic carboxylic acids is 1. The number of aromatic nitrogens is 4. The van der Waals surface area contributed by atoms with E-state index in [-0.39, 0.29) is 5.56 Å². The van der Waals surface area contributed by atoms with Crippen molar-refractivity contribution in [3.63, 3.8) is 0 Å². The van der Waals surface area contributed by atoms with E-state index in [1.54, 1.807) is 23.6 Å². The van der Waals surface area contributed by atoms with Crippen LogP contribution in [0.1, 0.15) is 20.9 Å². The van der Waals surface area contributed by atoms with Crippen molar-refractivity contribution in [3.8, 4) is 11.4 Å². The Hall–Kier alpha value is -2.87. The Kier molecular flexibility index (Phi) is 4.99. The summed E-state index contributed by atoms with van der Waals surface area (Å²) in [6.45, 7) is 2.76. The summed E-state index contributed by atoms with van der Waals surface area (Å²) in [5.41, 5.74) is 4.19. The molecule has 0 aliphatic carbocycles. The van der Waals surface area contributed by atoms with Gasteiger partial charge in [-0.2, -0.15) is 0 Å². The second-order valence-electron chi connectivity index (χ2n) is 5.51. The third kappa shape index (κ3) is 3.97. The first-order valence-corrected chi connectivity index (χ1v) is 8.55. The molecule has 0 aliphatic rings. The van der Waals surface area contributed by atoms with Gasteiger partial charge >= 0.3 is 5.97 Å². The van der Waals surface area contributed by atoms with Crippen molar-refractivity contribution in [3.05, 3.63) is 52.2 Å². The molecule has 0 unspecified atom stereocenters. The molecule has 3 aromatic heterocycles. The Morgan fingerprint density at radius 1 is 1.20 bits per heavy atom. The van der Waals surface area contributed by atoms with Gasteiger partial charge in [0.25, 0.3) is 0 Å². The fourth-order valence-corrected chi connectivity index (χ4v) is 3.08. The van der Waals surface area contributed by atoms with Crippen LogP contribution < -0.4 is 4.90 Å². The highest BCUT2D eigenvalue weighted by Gasteiger charge is 2.11. The van der Waals surface area contributed by atoms with Gasteiger partial charge in [0.2, 0.25) is 5.95 Å². The molecule has 0 saturated carbocycles. The summed E-state index contributed by atoms with van der Waals surface area (Å²) >= 11 is 1.65. The van der Waals surface area contributed by atoms with Crippen LogP contribution in [-0.2, 0) is 6.42 Å². The van der Waals surface area contributed by atoms with Crippen molar-refractivity contribution < 1.29 is 9.90 Å². The number of pyridine rings is 1. The second kappa shape index (κ2) is 7.35. The van der Waals surface area contributed by atoms with Crippen molar-refractivity contribution in [2.45, 2.75) is 13.3 Å². The highest BCUT2D eigenvalue weighted by molar-refractivity contribution is 7.09. The molecule has 0 radical (unpaired) electrons. The van der Waals surface area contributed by atoms with Gasteiger partial charge in [0.05, 0.1) is 28.2 Å². The zero-order valence-corrected chi connectivity index (χ0v) is 14.7. The third-order valence-corrected chi connectivity index (χ3v) is 4.77. The lowest BCUT2D eigenvalue weighted by molar-refractivity contribution is 0.0697. The monoisotopic (exact) mass is 355 g/mol. The highest BCUT2D eigenvalue weighted by atomic mass is 32.1.